The van der Waals surface area contributed by atoms with E-state index in [1.54, 1.807) is 0 Å². The number of carbonyl (C=O) groups excluding carboxylic acids is 2. The molecule has 33 heavy (non-hydrogen) atoms. The number of terminal acetylenes is 1. The highest BCUT2D eigenvalue weighted by atomic mass is 32.2. The minimum Gasteiger partial charge on any atom is -0.493 e. The molecule has 0 spiro atoms. The number of sulfonamides is 1. The molecule has 0 heterocycles. The first kappa shape index (κ1) is 25.5. The third-order valence-corrected chi connectivity index (χ3v) is 5.72. The first-order valence-electron chi connectivity index (χ1n) is 10.2. The highest BCUT2D eigenvalue weighted by Gasteiger charge is 2.14. The summed E-state index contributed by atoms with van der Waals surface area (Å²) in [6, 6.07) is 12.0. The lowest BCUT2D eigenvalue weighted by molar-refractivity contribution is -0.153. The number of aryl methyl sites for hydroxylation is 2. The summed E-state index contributed by atoms with van der Waals surface area (Å²) in [5.74, 6) is 0.697. The smallest absolute Gasteiger partial charge is 0.399 e. The molecule has 3 N–H and O–H groups in total. The number of carbonyl (C=O) groups is 2. The molecule has 0 saturated heterocycles. The Labute approximate surface area is 193 Å². The molecule has 2 aromatic carbocycles. The minimum atomic E-state index is -3.53. The number of rotatable bonds is 11. The van der Waals surface area contributed by atoms with E-state index < -0.39 is 21.9 Å². The van der Waals surface area contributed by atoms with E-state index in [4.69, 9.17) is 11.2 Å². The van der Waals surface area contributed by atoms with Crippen molar-refractivity contribution < 1.29 is 27.5 Å². The molecule has 2 aromatic rings. The first-order chi connectivity index (χ1) is 15.7. The maximum atomic E-state index is 12.3. The number of anilines is 2. The summed E-state index contributed by atoms with van der Waals surface area (Å²) in [5, 5.41) is 0. The van der Waals surface area contributed by atoms with E-state index in [0.717, 1.165) is 16.9 Å². The predicted octanol–water partition coefficient (Wildman–Crippen LogP) is 2.52. The Balaban J connectivity index is 1.72. The molecule has 0 radical (unpaired) electrons. The van der Waals surface area contributed by atoms with E-state index in [-0.39, 0.29) is 12.4 Å². The fraction of sp³-hybridized carbons (Fsp3) is 0.304. The maximum absolute atomic E-state index is 12.3. The fourth-order valence-corrected chi connectivity index (χ4v) is 3.92. The van der Waals surface area contributed by atoms with Gasteiger partial charge in [-0.15, -0.1) is 6.42 Å². The van der Waals surface area contributed by atoms with Gasteiger partial charge in [0.2, 0.25) is 10.0 Å². The minimum absolute atomic E-state index is 0.0426. The molecular formula is C23H27N3O6S. The molecule has 10 heteroatoms. The second-order valence-corrected chi connectivity index (χ2v) is 9.02. The Morgan fingerprint density at radius 3 is 2.39 bits per heavy atom. The van der Waals surface area contributed by atoms with Crippen LogP contribution in [0.15, 0.2) is 42.5 Å². The highest BCUT2D eigenvalue weighted by molar-refractivity contribution is 7.92. The molecule has 0 aliphatic rings. The zero-order valence-corrected chi connectivity index (χ0v) is 19.3. The van der Waals surface area contributed by atoms with E-state index in [1.165, 1.54) is 24.3 Å². The Hall–Kier alpha value is -3.71. The van der Waals surface area contributed by atoms with Gasteiger partial charge in [-0.1, -0.05) is 23.6 Å². The van der Waals surface area contributed by atoms with Crippen LogP contribution in [-0.4, -0.2) is 39.3 Å². The Morgan fingerprint density at radius 1 is 1.03 bits per heavy atom. The SMILES string of the molecule is C#CCOC(=O)C(=O)NNc1ccc(NS(=O)(=O)CCCCOc2ccc(C)cc2C)cc1. The number of hydrogen-bond donors (Lipinski definition) is 3. The van der Waals surface area contributed by atoms with Crippen molar-refractivity contribution in [1.82, 2.24) is 5.43 Å². The number of esters is 1. The van der Waals surface area contributed by atoms with Crippen molar-refractivity contribution in [2.75, 3.05) is 29.1 Å². The second kappa shape index (κ2) is 12.4. The number of benzene rings is 2. The van der Waals surface area contributed by atoms with Crippen molar-refractivity contribution in [3.63, 3.8) is 0 Å². The molecule has 0 saturated carbocycles. The first-order valence-corrected chi connectivity index (χ1v) is 11.8. The monoisotopic (exact) mass is 473 g/mol. The van der Waals surface area contributed by atoms with Gasteiger partial charge in [-0.25, -0.2) is 13.2 Å². The standard InChI is InChI=1S/C23H27N3O6S/c1-4-13-32-23(28)22(27)25-24-19-8-10-20(11-9-19)26-33(29,30)15-6-5-14-31-21-12-7-17(2)16-18(21)3/h1,7-12,16,24,26H,5-6,13-15H2,2-3H3,(H,25,27). The molecule has 0 aromatic heterocycles. The van der Waals surface area contributed by atoms with E-state index in [1.807, 2.05) is 32.0 Å². The molecule has 1 amide bonds. The third kappa shape index (κ3) is 9.13. The van der Waals surface area contributed by atoms with Crippen LogP contribution in [0.3, 0.4) is 0 Å². The molecule has 2 rings (SSSR count). The van der Waals surface area contributed by atoms with E-state index in [0.29, 0.717) is 30.8 Å². The van der Waals surface area contributed by atoms with Crippen LogP contribution in [0.5, 0.6) is 5.75 Å². The number of ether oxygens (including phenoxy) is 2. The highest BCUT2D eigenvalue weighted by Crippen LogP contribution is 2.19. The normalized spacial score (nSPS) is 10.6. The number of hydrazine groups is 1. The fourth-order valence-electron chi connectivity index (χ4n) is 2.74. The van der Waals surface area contributed by atoms with Crippen molar-refractivity contribution in [2.24, 2.45) is 0 Å². The van der Waals surface area contributed by atoms with Crippen molar-refractivity contribution in [2.45, 2.75) is 26.7 Å². The summed E-state index contributed by atoms with van der Waals surface area (Å²) in [7, 11) is -3.53. The van der Waals surface area contributed by atoms with Crippen LogP contribution in [0.1, 0.15) is 24.0 Å². The lowest BCUT2D eigenvalue weighted by Gasteiger charge is -2.11. The van der Waals surface area contributed by atoms with E-state index in [9.17, 15) is 18.0 Å². The molecular weight excluding hydrogens is 446 g/mol. The summed E-state index contributed by atoms with van der Waals surface area (Å²) in [6.07, 6.45) is 5.99. The lowest BCUT2D eigenvalue weighted by Crippen LogP contribution is -2.36. The topological polar surface area (TPSA) is 123 Å². The van der Waals surface area contributed by atoms with Crippen LogP contribution in [0, 0.1) is 26.2 Å². The molecule has 0 fully saturated rings. The zero-order valence-electron chi connectivity index (χ0n) is 18.5. The Morgan fingerprint density at radius 2 is 1.73 bits per heavy atom. The van der Waals surface area contributed by atoms with Gasteiger partial charge < -0.3 is 9.47 Å². The van der Waals surface area contributed by atoms with Gasteiger partial charge in [-0.3, -0.25) is 20.4 Å². The molecule has 0 aliphatic heterocycles. The summed E-state index contributed by atoms with van der Waals surface area (Å²) in [6.45, 7) is 4.11. The maximum Gasteiger partial charge on any atom is 0.399 e. The quantitative estimate of drug-likeness (QED) is 0.151. The van der Waals surface area contributed by atoms with Crippen LogP contribution in [0.2, 0.25) is 0 Å². The second-order valence-electron chi connectivity index (χ2n) is 7.18. The van der Waals surface area contributed by atoms with Gasteiger partial charge in [0, 0.05) is 5.69 Å². The van der Waals surface area contributed by atoms with Crippen LogP contribution in [-0.2, 0) is 24.3 Å². The van der Waals surface area contributed by atoms with E-state index >= 15 is 0 Å². The van der Waals surface area contributed by atoms with Crippen molar-refractivity contribution >= 4 is 33.3 Å². The molecule has 0 unspecified atom stereocenters. The van der Waals surface area contributed by atoms with Crippen LogP contribution in [0.25, 0.3) is 0 Å². The van der Waals surface area contributed by atoms with Crippen LogP contribution < -0.4 is 20.3 Å². The Kier molecular flexibility index (Phi) is 9.57. The van der Waals surface area contributed by atoms with Gasteiger partial charge in [-0.2, -0.15) is 0 Å². The molecule has 0 bridgehead atoms. The van der Waals surface area contributed by atoms with Crippen molar-refractivity contribution in [3.05, 3.63) is 53.6 Å². The summed E-state index contributed by atoms with van der Waals surface area (Å²) >= 11 is 0. The van der Waals surface area contributed by atoms with Crippen LogP contribution in [0.4, 0.5) is 11.4 Å². The van der Waals surface area contributed by atoms with Crippen LogP contribution >= 0.6 is 0 Å². The number of hydrogen-bond acceptors (Lipinski definition) is 7. The largest absolute Gasteiger partial charge is 0.493 e. The summed E-state index contributed by atoms with van der Waals surface area (Å²) in [4.78, 5) is 22.8. The lowest BCUT2D eigenvalue weighted by atomic mass is 10.1. The average molecular weight is 474 g/mol. The number of unbranched alkanes of at least 4 members (excludes halogenated alkanes) is 1. The van der Waals surface area contributed by atoms with Crippen molar-refractivity contribution in [3.8, 4) is 18.1 Å². The van der Waals surface area contributed by atoms with Gasteiger partial charge in [0.15, 0.2) is 6.61 Å². The van der Waals surface area contributed by atoms with Gasteiger partial charge >= 0.3 is 11.9 Å². The molecule has 176 valence electrons. The summed E-state index contributed by atoms with van der Waals surface area (Å²) in [5.41, 5.74) is 7.67. The zero-order chi connectivity index (χ0) is 24.3. The van der Waals surface area contributed by atoms with Gasteiger partial charge in [0.05, 0.1) is 18.0 Å². The van der Waals surface area contributed by atoms with Crippen molar-refractivity contribution in [1.29, 1.82) is 0 Å². The Bertz CT molecular complexity index is 1110. The average Bonchev–Trinajstić information content (AvgIpc) is 2.77. The molecule has 0 aliphatic carbocycles. The number of nitrogens with one attached hydrogen (secondary N) is 3. The van der Waals surface area contributed by atoms with E-state index in [2.05, 4.69) is 26.2 Å². The number of amides is 1. The van der Waals surface area contributed by atoms with Gasteiger partial charge in [0.25, 0.3) is 0 Å². The third-order valence-electron chi connectivity index (χ3n) is 4.35. The molecule has 9 nitrogen and oxygen atoms in total. The van der Waals surface area contributed by atoms with Gasteiger partial charge in [-0.05, 0) is 62.6 Å². The predicted molar refractivity (Wildman–Crippen MR) is 126 cm³/mol. The molecule has 0 atom stereocenters. The summed E-state index contributed by atoms with van der Waals surface area (Å²) < 4.78 is 37.3. The van der Waals surface area contributed by atoms with Gasteiger partial charge in [0.1, 0.15) is 5.75 Å².